The van der Waals surface area contributed by atoms with Crippen LogP contribution in [0.25, 0.3) is 0 Å². The van der Waals surface area contributed by atoms with Crippen molar-refractivity contribution in [2.24, 2.45) is 0 Å². The van der Waals surface area contributed by atoms with Gasteiger partial charge >= 0.3 is 7.69 Å². The minimum Gasteiger partial charge on any atom is -0.524 e. The molecule has 2 aromatic heterocycles. The van der Waals surface area contributed by atoms with Gasteiger partial charge in [0.1, 0.15) is 34.5 Å². The van der Waals surface area contributed by atoms with E-state index in [0.717, 1.165) is 19.1 Å². The van der Waals surface area contributed by atoms with E-state index in [0.29, 0.717) is 11.5 Å². The Kier molecular flexibility index (Phi) is 6.68. The number of nitrogens with zero attached hydrogens (tertiary/aromatic N) is 2. The smallest absolute Gasteiger partial charge is 0.524 e. The van der Waals surface area contributed by atoms with Crippen LogP contribution in [-0.4, -0.2) is 17.7 Å². The highest BCUT2D eigenvalue weighted by Gasteiger charge is 2.12. The van der Waals surface area contributed by atoms with Crippen molar-refractivity contribution in [2.45, 2.75) is 13.8 Å². The van der Waals surface area contributed by atoms with E-state index in [1.54, 1.807) is 36.7 Å². The van der Waals surface area contributed by atoms with E-state index in [4.69, 9.17) is 18.8 Å². The predicted molar refractivity (Wildman–Crippen MR) is 118 cm³/mol. The standard InChI is InChI=1S/C24H18BF2N2O4/c1-15-11-19(7-9-28-15)30-17-3-5-23(21(26)13-17)32-25-33-24-6-4-18(14-22(24)27)31-20-8-10-29-16(2)12-20/h3-14H,1-2H3. The summed E-state index contributed by atoms with van der Waals surface area (Å²) in [5.41, 5.74) is 1.55. The molecule has 0 saturated carbocycles. The molecule has 4 aromatic rings. The van der Waals surface area contributed by atoms with E-state index in [1.165, 1.54) is 36.4 Å². The van der Waals surface area contributed by atoms with E-state index in [9.17, 15) is 8.78 Å². The van der Waals surface area contributed by atoms with Crippen molar-refractivity contribution < 1.29 is 27.6 Å². The van der Waals surface area contributed by atoms with Crippen molar-refractivity contribution in [1.29, 1.82) is 0 Å². The van der Waals surface area contributed by atoms with Gasteiger partial charge in [0, 0.05) is 48.0 Å². The second-order valence-corrected chi connectivity index (χ2v) is 6.99. The summed E-state index contributed by atoms with van der Waals surface area (Å²) in [4.78, 5) is 8.15. The minimum atomic E-state index is -0.671. The van der Waals surface area contributed by atoms with E-state index in [2.05, 4.69) is 9.97 Å². The average molecular weight is 447 g/mol. The quantitative estimate of drug-likeness (QED) is 0.311. The summed E-state index contributed by atoms with van der Waals surface area (Å²) >= 11 is 0. The lowest BCUT2D eigenvalue weighted by Gasteiger charge is -2.11. The first-order valence-corrected chi connectivity index (χ1v) is 9.91. The molecule has 0 atom stereocenters. The third kappa shape index (κ3) is 5.97. The Morgan fingerprint density at radius 2 is 1.03 bits per heavy atom. The number of benzene rings is 2. The van der Waals surface area contributed by atoms with Gasteiger partial charge in [-0.1, -0.05) is 0 Å². The molecule has 1 radical (unpaired) electrons. The molecule has 0 aliphatic rings. The summed E-state index contributed by atoms with van der Waals surface area (Å²) in [7, 11) is 0.844. The fourth-order valence-electron chi connectivity index (χ4n) is 2.85. The van der Waals surface area contributed by atoms with Crippen molar-refractivity contribution in [1.82, 2.24) is 9.97 Å². The van der Waals surface area contributed by atoms with Gasteiger partial charge in [-0.25, -0.2) is 8.78 Å². The summed E-state index contributed by atoms with van der Waals surface area (Å²) < 4.78 is 50.2. The van der Waals surface area contributed by atoms with Crippen LogP contribution in [0, 0.1) is 25.5 Å². The van der Waals surface area contributed by atoms with Gasteiger partial charge in [0.05, 0.1) is 0 Å². The second-order valence-electron chi connectivity index (χ2n) is 6.99. The number of ether oxygens (including phenoxy) is 2. The van der Waals surface area contributed by atoms with Gasteiger partial charge in [0.15, 0.2) is 11.6 Å². The van der Waals surface area contributed by atoms with Crippen LogP contribution in [0.4, 0.5) is 8.78 Å². The monoisotopic (exact) mass is 447 g/mol. The normalized spacial score (nSPS) is 10.4. The van der Waals surface area contributed by atoms with Gasteiger partial charge in [-0.3, -0.25) is 9.97 Å². The highest BCUT2D eigenvalue weighted by molar-refractivity contribution is 6.20. The molecule has 165 valence electrons. The Balaban J connectivity index is 1.33. The molecule has 0 N–H and O–H groups in total. The zero-order chi connectivity index (χ0) is 23.2. The Morgan fingerprint density at radius 3 is 1.42 bits per heavy atom. The van der Waals surface area contributed by atoms with Crippen LogP contribution < -0.4 is 18.8 Å². The average Bonchev–Trinajstić information content (AvgIpc) is 2.77. The van der Waals surface area contributed by atoms with E-state index in [-0.39, 0.29) is 23.0 Å². The molecule has 0 bridgehead atoms. The fraction of sp³-hybridized carbons (Fsp3) is 0.0833. The summed E-state index contributed by atoms with van der Waals surface area (Å²) in [5, 5.41) is 0. The molecular weight excluding hydrogens is 429 g/mol. The van der Waals surface area contributed by atoms with Crippen molar-refractivity contribution in [3.63, 3.8) is 0 Å². The first-order chi connectivity index (χ1) is 16.0. The summed E-state index contributed by atoms with van der Waals surface area (Å²) in [6.07, 6.45) is 3.20. The number of pyridine rings is 2. The van der Waals surface area contributed by atoms with Gasteiger partial charge in [-0.2, -0.15) is 0 Å². The molecule has 0 aliphatic carbocycles. The first kappa shape index (κ1) is 22.1. The zero-order valence-electron chi connectivity index (χ0n) is 17.8. The van der Waals surface area contributed by atoms with Crippen molar-refractivity contribution in [2.75, 3.05) is 0 Å². The molecule has 0 fully saturated rings. The van der Waals surface area contributed by atoms with Gasteiger partial charge in [0.2, 0.25) is 0 Å². The lowest BCUT2D eigenvalue weighted by molar-refractivity contribution is 0.414. The number of aryl methyl sites for hydroxylation is 2. The van der Waals surface area contributed by atoms with Crippen LogP contribution in [0.15, 0.2) is 73.1 Å². The molecule has 6 nitrogen and oxygen atoms in total. The van der Waals surface area contributed by atoms with Gasteiger partial charge < -0.3 is 18.8 Å². The maximum Gasteiger partial charge on any atom is 0.658 e. The highest BCUT2D eigenvalue weighted by Crippen LogP contribution is 2.28. The van der Waals surface area contributed by atoms with Gasteiger partial charge in [0.25, 0.3) is 0 Å². The van der Waals surface area contributed by atoms with Crippen LogP contribution in [-0.2, 0) is 0 Å². The SMILES string of the molecule is Cc1cc(Oc2ccc(O[B]Oc3ccc(Oc4ccnc(C)c4)cc3F)c(F)c2)ccn1. The van der Waals surface area contributed by atoms with E-state index < -0.39 is 11.6 Å². The van der Waals surface area contributed by atoms with Gasteiger partial charge in [-0.15, -0.1) is 0 Å². The van der Waals surface area contributed by atoms with Gasteiger partial charge in [-0.05, 0) is 50.2 Å². The molecule has 2 heterocycles. The number of aromatic nitrogens is 2. The summed E-state index contributed by atoms with van der Waals surface area (Å²) in [6.45, 7) is 3.65. The zero-order valence-corrected chi connectivity index (χ0v) is 17.8. The number of hydrogen-bond donors (Lipinski definition) is 0. The first-order valence-electron chi connectivity index (χ1n) is 9.91. The number of halogens is 2. The Labute approximate surface area is 190 Å². The predicted octanol–water partition coefficient (Wildman–Crippen LogP) is 5.95. The van der Waals surface area contributed by atoms with Crippen molar-refractivity contribution >= 4 is 7.69 Å². The molecule has 0 amide bonds. The Morgan fingerprint density at radius 1 is 0.606 bits per heavy atom. The molecule has 0 aliphatic heterocycles. The maximum atomic E-state index is 14.3. The second kappa shape index (κ2) is 9.99. The third-order valence-corrected chi connectivity index (χ3v) is 4.36. The van der Waals surface area contributed by atoms with E-state index >= 15 is 0 Å². The third-order valence-electron chi connectivity index (χ3n) is 4.36. The van der Waals surface area contributed by atoms with Crippen LogP contribution in [0.3, 0.4) is 0 Å². The Hall–Kier alpha value is -4.14. The van der Waals surface area contributed by atoms with E-state index in [1.807, 2.05) is 13.8 Å². The largest absolute Gasteiger partial charge is 0.658 e. The minimum absolute atomic E-state index is 0.110. The molecule has 2 aromatic carbocycles. The van der Waals surface area contributed by atoms with Crippen molar-refractivity contribution in [3.8, 4) is 34.5 Å². The molecule has 0 unspecified atom stereocenters. The molecular formula is C24H18BF2N2O4. The molecule has 4 rings (SSSR count). The van der Waals surface area contributed by atoms with Crippen LogP contribution >= 0.6 is 0 Å². The van der Waals surface area contributed by atoms with Crippen LogP contribution in [0.1, 0.15) is 11.4 Å². The lowest BCUT2D eigenvalue weighted by atomic mass is 10.2. The van der Waals surface area contributed by atoms with Crippen LogP contribution in [0.5, 0.6) is 34.5 Å². The summed E-state index contributed by atoms with van der Waals surface area (Å²) in [5.74, 6) is 0.0861. The topological polar surface area (TPSA) is 62.7 Å². The maximum absolute atomic E-state index is 14.3. The number of hydrogen-bond acceptors (Lipinski definition) is 6. The van der Waals surface area contributed by atoms with Crippen molar-refractivity contribution in [3.05, 3.63) is 96.1 Å². The Bertz CT molecular complexity index is 1180. The highest BCUT2D eigenvalue weighted by atomic mass is 19.1. The summed E-state index contributed by atoms with van der Waals surface area (Å²) in [6, 6.07) is 15.0. The van der Waals surface area contributed by atoms with Crippen LogP contribution in [0.2, 0.25) is 0 Å². The molecule has 0 spiro atoms. The molecule has 9 heteroatoms. The molecule has 33 heavy (non-hydrogen) atoms. The molecule has 0 saturated heterocycles. The number of rotatable bonds is 8. The fourth-order valence-corrected chi connectivity index (χ4v) is 2.85. The lowest BCUT2D eigenvalue weighted by Crippen LogP contribution is -2.12.